The Kier molecular flexibility index (Phi) is 5.00. The van der Waals surface area contributed by atoms with Gasteiger partial charge in [0.05, 0.1) is 19.2 Å². The Balaban J connectivity index is 1.39. The van der Waals surface area contributed by atoms with E-state index in [-0.39, 0.29) is 5.91 Å². The van der Waals surface area contributed by atoms with E-state index in [9.17, 15) is 4.79 Å². The summed E-state index contributed by atoms with van der Waals surface area (Å²) in [5.74, 6) is 1.05. The van der Waals surface area contributed by atoms with Crippen molar-refractivity contribution < 1.29 is 13.9 Å². The number of ether oxygens (including phenoxy) is 1. The fraction of sp³-hybridized carbons (Fsp3) is 0.188. The third-order valence-electron chi connectivity index (χ3n) is 3.00. The molecular weight excluding hydrogens is 314 g/mol. The highest BCUT2D eigenvalue weighted by molar-refractivity contribution is 7.10. The van der Waals surface area contributed by atoms with E-state index in [2.05, 4.69) is 15.5 Å². The van der Waals surface area contributed by atoms with Crippen molar-refractivity contribution in [1.82, 2.24) is 15.5 Å². The third kappa shape index (κ3) is 4.40. The molecule has 6 nitrogen and oxygen atoms in total. The lowest BCUT2D eigenvalue weighted by Gasteiger charge is -2.06. The number of hydrogen-bond acceptors (Lipinski definition) is 6. The molecule has 0 aromatic carbocycles. The Bertz CT molecular complexity index is 725. The largest absolute Gasteiger partial charge is 0.475 e. The van der Waals surface area contributed by atoms with Crippen molar-refractivity contribution in [3.05, 3.63) is 52.9 Å². The Morgan fingerprint density at radius 3 is 2.87 bits per heavy atom. The van der Waals surface area contributed by atoms with Crippen LogP contribution in [0, 0.1) is 0 Å². The summed E-state index contributed by atoms with van der Waals surface area (Å²) in [4.78, 5) is 12.7. The molecule has 0 saturated carbocycles. The topological polar surface area (TPSA) is 77.2 Å². The molecule has 0 saturated heterocycles. The summed E-state index contributed by atoms with van der Waals surface area (Å²) in [6.07, 6.45) is 1.98. The number of thiophene rings is 1. The van der Waals surface area contributed by atoms with Gasteiger partial charge in [-0.15, -0.1) is 21.5 Å². The minimum Gasteiger partial charge on any atom is -0.475 e. The Hall–Kier alpha value is -2.67. The number of nitrogens with one attached hydrogen (secondary N) is 1. The highest BCUT2D eigenvalue weighted by Crippen LogP contribution is 2.17. The minimum absolute atomic E-state index is 0.0182. The second kappa shape index (κ2) is 7.55. The highest BCUT2D eigenvalue weighted by atomic mass is 32.1. The number of furan rings is 1. The quantitative estimate of drug-likeness (QED) is 0.674. The molecule has 0 spiro atoms. The van der Waals surface area contributed by atoms with Gasteiger partial charge in [-0.05, 0) is 29.6 Å². The molecule has 0 bridgehead atoms. The van der Waals surface area contributed by atoms with Crippen molar-refractivity contribution in [2.45, 2.75) is 6.42 Å². The van der Waals surface area contributed by atoms with Crippen molar-refractivity contribution in [2.24, 2.45) is 0 Å². The second-order valence-corrected chi connectivity index (χ2v) is 5.72. The van der Waals surface area contributed by atoms with Crippen LogP contribution < -0.4 is 10.1 Å². The van der Waals surface area contributed by atoms with Gasteiger partial charge in [0.25, 0.3) is 0 Å². The molecule has 0 aliphatic heterocycles. The van der Waals surface area contributed by atoms with Gasteiger partial charge >= 0.3 is 0 Å². The molecule has 3 aromatic heterocycles. The summed E-state index contributed by atoms with van der Waals surface area (Å²) in [7, 11) is 0. The summed E-state index contributed by atoms with van der Waals surface area (Å²) in [5.41, 5.74) is 0.645. The van der Waals surface area contributed by atoms with Crippen LogP contribution in [0.5, 0.6) is 5.88 Å². The van der Waals surface area contributed by atoms with Crippen LogP contribution in [0.15, 0.2) is 52.5 Å². The summed E-state index contributed by atoms with van der Waals surface area (Å²) < 4.78 is 10.7. The zero-order chi connectivity index (χ0) is 15.9. The molecule has 0 fully saturated rings. The van der Waals surface area contributed by atoms with Gasteiger partial charge < -0.3 is 14.5 Å². The zero-order valence-electron chi connectivity index (χ0n) is 12.3. The fourth-order valence-electron chi connectivity index (χ4n) is 1.93. The lowest BCUT2D eigenvalue weighted by atomic mass is 10.3. The van der Waals surface area contributed by atoms with Gasteiger partial charge in [-0.2, -0.15) is 0 Å². The molecule has 118 valence electrons. The summed E-state index contributed by atoms with van der Waals surface area (Å²) in [6, 6.07) is 11.0. The van der Waals surface area contributed by atoms with Crippen molar-refractivity contribution in [2.75, 3.05) is 13.2 Å². The molecule has 1 amide bonds. The molecule has 0 aliphatic carbocycles. The maximum atomic E-state index is 11.7. The van der Waals surface area contributed by atoms with Crippen LogP contribution in [0.2, 0.25) is 0 Å². The predicted octanol–water partition coefficient (Wildman–Crippen LogP) is 2.54. The van der Waals surface area contributed by atoms with E-state index in [0.29, 0.717) is 36.9 Å². The third-order valence-corrected chi connectivity index (χ3v) is 3.88. The van der Waals surface area contributed by atoms with E-state index in [0.717, 1.165) is 4.88 Å². The SMILES string of the molecule is O=C(Cc1cccs1)NCCOc1ccc(-c2ccco2)nn1. The van der Waals surface area contributed by atoms with Gasteiger partial charge in [-0.1, -0.05) is 6.07 Å². The van der Waals surface area contributed by atoms with Gasteiger partial charge in [0.1, 0.15) is 12.3 Å². The number of amides is 1. The number of nitrogens with zero attached hydrogens (tertiary/aromatic N) is 2. The van der Waals surface area contributed by atoms with E-state index in [1.807, 2.05) is 23.6 Å². The normalized spacial score (nSPS) is 10.4. The Morgan fingerprint density at radius 2 is 2.17 bits per heavy atom. The smallest absolute Gasteiger partial charge is 0.233 e. The molecule has 1 N–H and O–H groups in total. The van der Waals surface area contributed by atoms with Crippen LogP contribution in [-0.4, -0.2) is 29.3 Å². The van der Waals surface area contributed by atoms with Gasteiger partial charge in [0.15, 0.2) is 5.76 Å². The average Bonchev–Trinajstić information content (AvgIpc) is 3.26. The molecule has 0 radical (unpaired) electrons. The standard InChI is InChI=1S/C16H15N3O3S/c20-15(11-12-3-2-10-23-12)17-7-9-22-16-6-5-13(18-19-16)14-4-1-8-21-14/h1-6,8,10H,7,9,11H2,(H,17,20). The molecular formula is C16H15N3O3S. The molecule has 3 rings (SSSR count). The predicted molar refractivity (Wildman–Crippen MR) is 86.3 cm³/mol. The second-order valence-electron chi connectivity index (χ2n) is 4.69. The lowest BCUT2D eigenvalue weighted by molar-refractivity contribution is -0.120. The van der Waals surface area contributed by atoms with E-state index in [1.165, 1.54) is 0 Å². The van der Waals surface area contributed by atoms with Crippen LogP contribution in [0.1, 0.15) is 4.88 Å². The number of carbonyl (C=O) groups is 1. The first-order chi connectivity index (χ1) is 11.3. The summed E-state index contributed by atoms with van der Waals surface area (Å²) >= 11 is 1.57. The van der Waals surface area contributed by atoms with Crippen LogP contribution in [0.4, 0.5) is 0 Å². The number of hydrogen-bond donors (Lipinski definition) is 1. The molecule has 0 atom stereocenters. The Morgan fingerprint density at radius 1 is 1.22 bits per heavy atom. The van der Waals surface area contributed by atoms with Gasteiger partial charge in [-0.25, -0.2) is 0 Å². The number of aromatic nitrogens is 2. The van der Waals surface area contributed by atoms with Gasteiger partial charge in [0.2, 0.25) is 11.8 Å². The van der Waals surface area contributed by atoms with Crippen molar-refractivity contribution in [3.8, 4) is 17.3 Å². The van der Waals surface area contributed by atoms with E-state index < -0.39 is 0 Å². The molecule has 3 aromatic rings. The highest BCUT2D eigenvalue weighted by Gasteiger charge is 2.05. The van der Waals surface area contributed by atoms with Crippen LogP contribution in [0.3, 0.4) is 0 Å². The number of carbonyl (C=O) groups excluding carboxylic acids is 1. The summed E-state index contributed by atoms with van der Waals surface area (Å²) in [5, 5.41) is 12.8. The monoisotopic (exact) mass is 329 g/mol. The molecule has 0 unspecified atom stereocenters. The van der Waals surface area contributed by atoms with Crippen molar-refractivity contribution in [1.29, 1.82) is 0 Å². The van der Waals surface area contributed by atoms with Crippen molar-refractivity contribution in [3.63, 3.8) is 0 Å². The molecule has 3 heterocycles. The zero-order valence-corrected chi connectivity index (χ0v) is 13.1. The lowest BCUT2D eigenvalue weighted by Crippen LogP contribution is -2.29. The first-order valence-electron chi connectivity index (χ1n) is 7.11. The first kappa shape index (κ1) is 15.2. The molecule has 23 heavy (non-hydrogen) atoms. The van der Waals surface area contributed by atoms with E-state index >= 15 is 0 Å². The molecule has 0 aliphatic rings. The maximum Gasteiger partial charge on any atom is 0.233 e. The Labute approximate surface area is 137 Å². The maximum absolute atomic E-state index is 11.7. The van der Waals surface area contributed by atoms with Crippen molar-refractivity contribution >= 4 is 17.2 Å². The van der Waals surface area contributed by atoms with Crippen LogP contribution >= 0.6 is 11.3 Å². The van der Waals surface area contributed by atoms with Gasteiger partial charge in [-0.3, -0.25) is 4.79 Å². The van der Waals surface area contributed by atoms with E-state index in [1.54, 1.807) is 35.8 Å². The average molecular weight is 329 g/mol. The summed E-state index contributed by atoms with van der Waals surface area (Å²) in [6.45, 7) is 0.761. The van der Waals surface area contributed by atoms with Crippen LogP contribution in [0.25, 0.3) is 11.5 Å². The fourth-order valence-corrected chi connectivity index (χ4v) is 2.64. The van der Waals surface area contributed by atoms with Crippen LogP contribution in [-0.2, 0) is 11.2 Å². The minimum atomic E-state index is -0.0182. The van der Waals surface area contributed by atoms with Gasteiger partial charge in [0, 0.05) is 10.9 Å². The first-order valence-corrected chi connectivity index (χ1v) is 7.99. The van der Waals surface area contributed by atoms with E-state index in [4.69, 9.17) is 9.15 Å². The molecule has 7 heteroatoms. The number of rotatable bonds is 7.